The second-order valence-electron chi connectivity index (χ2n) is 4.13. The molecule has 1 aromatic carbocycles. The van der Waals surface area contributed by atoms with E-state index in [-0.39, 0.29) is 17.5 Å². The second kappa shape index (κ2) is 7.48. The van der Waals surface area contributed by atoms with Crippen molar-refractivity contribution in [3.05, 3.63) is 24.0 Å². The number of halogens is 1. The van der Waals surface area contributed by atoms with Crippen molar-refractivity contribution >= 4 is 23.2 Å². The van der Waals surface area contributed by atoms with Crippen molar-refractivity contribution in [3.8, 4) is 0 Å². The Balaban J connectivity index is 2.65. The Kier molecular flexibility index (Phi) is 5.95. The summed E-state index contributed by atoms with van der Waals surface area (Å²) in [6.07, 6.45) is 0.986. The fourth-order valence-corrected chi connectivity index (χ4v) is 1.54. The molecule has 0 bridgehead atoms. The lowest BCUT2D eigenvalue weighted by Gasteiger charge is -2.09. The predicted octanol–water partition coefficient (Wildman–Crippen LogP) is 1.72. The molecular weight excluding hydrogens is 249 g/mol. The van der Waals surface area contributed by atoms with E-state index in [2.05, 4.69) is 16.0 Å². The number of hydrogen-bond acceptors (Lipinski definition) is 3. The highest BCUT2D eigenvalue weighted by Gasteiger charge is 2.08. The van der Waals surface area contributed by atoms with Crippen molar-refractivity contribution in [2.45, 2.75) is 19.8 Å². The quantitative estimate of drug-likeness (QED) is 0.687. The number of anilines is 2. The molecule has 0 heterocycles. The molecule has 0 saturated heterocycles. The number of carbonyl (C=O) groups is 2. The first-order valence-corrected chi connectivity index (χ1v) is 6.04. The van der Waals surface area contributed by atoms with Gasteiger partial charge in [-0.3, -0.25) is 9.59 Å². The zero-order chi connectivity index (χ0) is 14.3. The maximum atomic E-state index is 13.5. The highest BCUT2D eigenvalue weighted by molar-refractivity contribution is 5.93. The summed E-state index contributed by atoms with van der Waals surface area (Å²) >= 11 is 0. The van der Waals surface area contributed by atoms with Crippen LogP contribution in [0.1, 0.15) is 19.8 Å². The summed E-state index contributed by atoms with van der Waals surface area (Å²) in [5.41, 5.74) is 0.514. The molecule has 104 valence electrons. The molecule has 19 heavy (non-hydrogen) atoms. The van der Waals surface area contributed by atoms with Gasteiger partial charge in [0.15, 0.2) is 0 Å². The van der Waals surface area contributed by atoms with E-state index in [9.17, 15) is 14.0 Å². The Labute approximate surface area is 111 Å². The summed E-state index contributed by atoms with van der Waals surface area (Å²) in [6, 6.07) is 4.04. The molecular formula is C13H18FN3O2. The largest absolute Gasteiger partial charge is 0.326 e. The number of nitrogens with one attached hydrogen (secondary N) is 3. The van der Waals surface area contributed by atoms with Crippen LogP contribution in [0.4, 0.5) is 15.8 Å². The summed E-state index contributed by atoms with van der Waals surface area (Å²) < 4.78 is 13.5. The van der Waals surface area contributed by atoms with E-state index in [1.165, 1.54) is 25.1 Å². The molecule has 0 radical (unpaired) electrons. The third-order valence-electron chi connectivity index (χ3n) is 2.39. The van der Waals surface area contributed by atoms with E-state index in [1.54, 1.807) is 7.05 Å². The van der Waals surface area contributed by atoms with Crippen LogP contribution in [0.2, 0.25) is 0 Å². The molecule has 5 nitrogen and oxygen atoms in total. The van der Waals surface area contributed by atoms with Crippen LogP contribution in [0.5, 0.6) is 0 Å². The van der Waals surface area contributed by atoms with E-state index in [0.717, 1.165) is 6.54 Å². The fraction of sp³-hybridized carbons (Fsp3) is 0.385. The topological polar surface area (TPSA) is 70.2 Å². The molecule has 0 atom stereocenters. The van der Waals surface area contributed by atoms with Crippen LogP contribution in [0.25, 0.3) is 0 Å². The Morgan fingerprint density at radius 1 is 1.26 bits per heavy atom. The summed E-state index contributed by atoms with van der Waals surface area (Å²) in [6.45, 7) is 2.08. The van der Waals surface area contributed by atoms with Gasteiger partial charge in [0.05, 0.1) is 5.69 Å². The van der Waals surface area contributed by atoms with Gasteiger partial charge in [0.25, 0.3) is 0 Å². The number of carbonyl (C=O) groups excluding carboxylic acids is 2. The van der Waals surface area contributed by atoms with E-state index in [0.29, 0.717) is 18.5 Å². The molecule has 0 unspecified atom stereocenters. The van der Waals surface area contributed by atoms with E-state index in [4.69, 9.17) is 0 Å². The molecule has 0 spiro atoms. The maximum Gasteiger partial charge on any atom is 0.224 e. The standard InChI is InChI=1S/C13H18FN3O2/c1-9(18)16-10-5-6-11(14)12(8-10)17-13(19)4-3-7-15-2/h5-6,8,15H,3-4,7H2,1-2H3,(H,16,18)(H,17,19). The normalized spacial score (nSPS) is 10.1. The first kappa shape index (κ1) is 15.1. The molecule has 0 saturated carbocycles. The summed E-state index contributed by atoms with van der Waals surface area (Å²) in [5.74, 6) is -1.04. The molecule has 6 heteroatoms. The van der Waals surface area contributed by atoms with Crippen LogP contribution in [0, 0.1) is 5.82 Å². The van der Waals surface area contributed by atoms with Gasteiger partial charge in [-0.25, -0.2) is 4.39 Å². The summed E-state index contributed by atoms with van der Waals surface area (Å²) in [4.78, 5) is 22.5. The van der Waals surface area contributed by atoms with Crippen LogP contribution in [0.15, 0.2) is 18.2 Å². The number of benzene rings is 1. The van der Waals surface area contributed by atoms with Gasteiger partial charge in [-0.05, 0) is 38.2 Å². The Morgan fingerprint density at radius 2 is 2.00 bits per heavy atom. The van der Waals surface area contributed by atoms with Crippen molar-refractivity contribution in [2.75, 3.05) is 24.2 Å². The lowest BCUT2D eigenvalue weighted by Crippen LogP contribution is -2.16. The molecule has 0 fully saturated rings. The van der Waals surface area contributed by atoms with Gasteiger partial charge in [0, 0.05) is 19.0 Å². The average Bonchev–Trinajstić information content (AvgIpc) is 2.33. The predicted molar refractivity (Wildman–Crippen MR) is 72.5 cm³/mol. The zero-order valence-electron chi connectivity index (χ0n) is 11.0. The van der Waals surface area contributed by atoms with Gasteiger partial charge >= 0.3 is 0 Å². The van der Waals surface area contributed by atoms with Gasteiger partial charge in [-0.15, -0.1) is 0 Å². The SMILES string of the molecule is CNCCCC(=O)Nc1cc(NC(C)=O)ccc1F. The monoisotopic (exact) mass is 267 g/mol. The van der Waals surface area contributed by atoms with Gasteiger partial charge in [-0.1, -0.05) is 0 Å². The molecule has 2 amide bonds. The second-order valence-corrected chi connectivity index (χ2v) is 4.13. The molecule has 0 aromatic heterocycles. The molecule has 1 aromatic rings. The molecule has 1 rings (SSSR count). The first-order chi connectivity index (χ1) is 9.02. The van der Waals surface area contributed by atoms with Crippen LogP contribution < -0.4 is 16.0 Å². The highest BCUT2D eigenvalue weighted by atomic mass is 19.1. The van der Waals surface area contributed by atoms with E-state index >= 15 is 0 Å². The molecule has 3 N–H and O–H groups in total. The lowest BCUT2D eigenvalue weighted by atomic mass is 10.2. The highest BCUT2D eigenvalue weighted by Crippen LogP contribution is 2.19. The minimum atomic E-state index is -0.531. The lowest BCUT2D eigenvalue weighted by molar-refractivity contribution is -0.116. The van der Waals surface area contributed by atoms with Gasteiger partial charge in [0.1, 0.15) is 5.82 Å². The maximum absolute atomic E-state index is 13.5. The Bertz CT molecular complexity index is 463. The van der Waals surface area contributed by atoms with Crippen molar-refractivity contribution in [1.29, 1.82) is 0 Å². The summed E-state index contributed by atoms with van der Waals surface area (Å²) in [5, 5.41) is 7.95. The zero-order valence-corrected chi connectivity index (χ0v) is 11.0. The minimum Gasteiger partial charge on any atom is -0.326 e. The molecule has 0 aliphatic carbocycles. The third kappa shape index (κ3) is 5.48. The third-order valence-corrected chi connectivity index (χ3v) is 2.39. The van der Waals surface area contributed by atoms with Crippen LogP contribution >= 0.6 is 0 Å². The van der Waals surface area contributed by atoms with E-state index in [1.807, 2.05) is 0 Å². The summed E-state index contributed by atoms with van der Waals surface area (Å²) in [7, 11) is 1.80. The van der Waals surface area contributed by atoms with Gasteiger partial charge in [0.2, 0.25) is 11.8 Å². The van der Waals surface area contributed by atoms with Crippen molar-refractivity contribution in [3.63, 3.8) is 0 Å². The average molecular weight is 267 g/mol. The van der Waals surface area contributed by atoms with Crippen LogP contribution in [-0.2, 0) is 9.59 Å². The smallest absolute Gasteiger partial charge is 0.224 e. The van der Waals surface area contributed by atoms with Crippen molar-refractivity contribution in [1.82, 2.24) is 5.32 Å². The van der Waals surface area contributed by atoms with Gasteiger partial charge in [-0.2, -0.15) is 0 Å². The van der Waals surface area contributed by atoms with Gasteiger partial charge < -0.3 is 16.0 Å². The van der Waals surface area contributed by atoms with Crippen LogP contribution in [0.3, 0.4) is 0 Å². The molecule has 0 aliphatic heterocycles. The fourth-order valence-electron chi connectivity index (χ4n) is 1.54. The Morgan fingerprint density at radius 3 is 2.63 bits per heavy atom. The minimum absolute atomic E-state index is 0.0701. The van der Waals surface area contributed by atoms with Crippen LogP contribution in [-0.4, -0.2) is 25.4 Å². The van der Waals surface area contributed by atoms with E-state index < -0.39 is 5.82 Å². The number of rotatable bonds is 6. The number of amides is 2. The molecule has 0 aliphatic rings. The van der Waals surface area contributed by atoms with Crippen molar-refractivity contribution < 1.29 is 14.0 Å². The number of hydrogen-bond donors (Lipinski definition) is 3. The first-order valence-electron chi connectivity index (χ1n) is 6.04. The Hall–Kier alpha value is -1.95. The van der Waals surface area contributed by atoms with Crippen molar-refractivity contribution in [2.24, 2.45) is 0 Å².